The van der Waals surface area contributed by atoms with E-state index in [-0.39, 0.29) is 5.91 Å². The third-order valence-corrected chi connectivity index (χ3v) is 4.35. The molecule has 2 aromatic rings. The van der Waals surface area contributed by atoms with Crippen molar-refractivity contribution in [1.29, 1.82) is 0 Å². The van der Waals surface area contributed by atoms with Crippen molar-refractivity contribution in [2.45, 2.75) is 32.4 Å². The van der Waals surface area contributed by atoms with Gasteiger partial charge in [-0.25, -0.2) is 0 Å². The second-order valence-corrected chi connectivity index (χ2v) is 6.48. The highest BCUT2D eigenvalue weighted by Gasteiger charge is 2.44. The van der Waals surface area contributed by atoms with Crippen molar-refractivity contribution in [3.63, 3.8) is 0 Å². The second-order valence-electron chi connectivity index (χ2n) is 6.04. The van der Waals surface area contributed by atoms with Crippen molar-refractivity contribution in [3.05, 3.63) is 58.4 Å². The molecule has 1 aromatic heterocycles. The molecular weight excluding hydrogens is 300 g/mol. The van der Waals surface area contributed by atoms with Crippen LogP contribution >= 0.6 is 11.6 Å². The van der Waals surface area contributed by atoms with Gasteiger partial charge in [-0.3, -0.25) is 14.7 Å². The fourth-order valence-corrected chi connectivity index (χ4v) is 3.11. The first-order chi connectivity index (χ1) is 10.3. The summed E-state index contributed by atoms with van der Waals surface area (Å²) in [7, 11) is 0. The number of fused-ring (bicyclic) bond motifs is 1. The highest BCUT2D eigenvalue weighted by Crippen LogP contribution is 2.42. The topological polar surface area (TPSA) is 53.4 Å². The molecule has 1 aromatic carbocycles. The zero-order chi connectivity index (χ0) is 16.1. The molecule has 22 heavy (non-hydrogen) atoms. The first kappa shape index (κ1) is 15.0. The van der Waals surface area contributed by atoms with Gasteiger partial charge in [-0.05, 0) is 50.6 Å². The van der Waals surface area contributed by atoms with Gasteiger partial charge in [-0.1, -0.05) is 11.6 Å². The van der Waals surface area contributed by atoms with Crippen LogP contribution in [-0.2, 0) is 5.54 Å². The highest BCUT2D eigenvalue weighted by atomic mass is 35.5. The van der Waals surface area contributed by atoms with Crippen LogP contribution in [0.4, 0.5) is 5.69 Å². The lowest BCUT2D eigenvalue weighted by molar-refractivity contribution is 0.0982. The summed E-state index contributed by atoms with van der Waals surface area (Å²) in [4.78, 5) is 18.6. The maximum Gasteiger partial charge on any atom is 0.259 e. The average molecular weight is 317 g/mol. The van der Waals surface area contributed by atoms with Crippen molar-refractivity contribution in [2.24, 2.45) is 0 Å². The maximum atomic E-state index is 12.8. The molecule has 0 saturated carbocycles. The van der Waals surface area contributed by atoms with Crippen LogP contribution in [0.2, 0.25) is 5.02 Å². The Labute approximate surface area is 134 Å². The lowest BCUT2D eigenvalue weighted by Gasteiger charge is -2.32. The Balaban J connectivity index is 2.13. The second kappa shape index (κ2) is 5.07. The minimum Gasteiger partial charge on any atom is -0.389 e. The van der Waals surface area contributed by atoms with Crippen LogP contribution in [0.5, 0.6) is 0 Å². The summed E-state index contributed by atoms with van der Waals surface area (Å²) < 4.78 is 0. The number of anilines is 1. The first-order valence-electron chi connectivity index (χ1n) is 7.10. The SMILES string of the molecule is CC(O)c1cncc(N2C(=O)c3ccc(Cl)cc3C2(C)C)c1. The number of benzene rings is 1. The minimum atomic E-state index is -0.634. The van der Waals surface area contributed by atoms with Gasteiger partial charge in [-0.15, -0.1) is 0 Å². The Morgan fingerprint density at radius 3 is 2.68 bits per heavy atom. The highest BCUT2D eigenvalue weighted by molar-refractivity contribution is 6.31. The lowest BCUT2D eigenvalue weighted by atomic mass is 9.93. The Bertz CT molecular complexity index is 756. The van der Waals surface area contributed by atoms with E-state index in [2.05, 4.69) is 4.98 Å². The van der Waals surface area contributed by atoms with Crippen LogP contribution < -0.4 is 4.90 Å². The van der Waals surface area contributed by atoms with Gasteiger partial charge < -0.3 is 5.11 Å². The molecule has 1 aliphatic heterocycles. The van der Waals surface area contributed by atoms with Crippen molar-refractivity contribution in [3.8, 4) is 0 Å². The van der Waals surface area contributed by atoms with E-state index >= 15 is 0 Å². The van der Waals surface area contributed by atoms with Gasteiger partial charge in [0.2, 0.25) is 0 Å². The number of aliphatic hydroxyl groups excluding tert-OH is 1. The zero-order valence-electron chi connectivity index (χ0n) is 12.7. The molecule has 0 bridgehead atoms. The van der Waals surface area contributed by atoms with Crippen LogP contribution in [0.25, 0.3) is 0 Å². The van der Waals surface area contributed by atoms with E-state index in [4.69, 9.17) is 11.6 Å². The number of aliphatic hydroxyl groups is 1. The number of carbonyl (C=O) groups excluding carboxylic acids is 1. The largest absolute Gasteiger partial charge is 0.389 e. The van der Waals surface area contributed by atoms with E-state index in [1.54, 1.807) is 42.4 Å². The number of hydrogen-bond donors (Lipinski definition) is 1. The maximum absolute atomic E-state index is 12.8. The lowest BCUT2D eigenvalue weighted by Crippen LogP contribution is -2.39. The number of rotatable bonds is 2. The van der Waals surface area contributed by atoms with Crippen LogP contribution in [0.3, 0.4) is 0 Å². The minimum absolute atomic E-state index is 0.0822. The van der Waals surface area contributed by atoms with Crippen LogP contribution in [0, 0.1) is 0 Å². The monoisotopic (exact) mass is 316 g/mol. The third kappa shape index (κ3) is 2.19. The molecule has 0 radical (unpaired) electrons. The number of carbonyl (C=O) groups is 1. The van der Waals surface area contributed by atoms with E-state index in [1.165, 1.54) is 0 Å². The molecular formula is C17H17ClN2O2. The zero-order valence-corrected chi connectivity index (χ0v) is 13.4. The molecule has 1 atom stereocenters. The molecule has 0 saturated heterocycles. The third-order valence-electron chi connectivity index (χ3n) is 4.12. The molecule has 4 nitrogen and oxygen atoms in total. The Morgan fingerprint density at radius 1 is 1.27 bits per heavy atom. The molecule has 0 aliphatic carbocycles. The van der Waals surface area contributed by atoms with E-state index in [0.29, 0.717) is 21.8 Å². The van der Waals surface area contributed by atoms with Crippen molar-refractivity contribution in [2.75, 3.05) is 4.90 Å². The average Bonchev–Trinajstić information content (AvgIpc) is 2.66. The summed E-state index contributed by atoms with van der Waals surface area (Å²) in [5.41, 5.74) is 2.36. The number of pyridine rings is 1. The van der Waals surface area contributed by atoms with Gasteiger partial charge in [0, 0.05) is 22.3 Å². The van der Waals surface area contributed by atoms with E-state index in [9.17, 15) is 9.90 Å². The van der Waals surface area contributed by atoms with Crippen LogP contribution in [-0.4, -0.2) is 16.0 Å². The van der Waals surface area contributed by atoms with Crippen LogP contribution in [0.1, 0.15) is 48.4 Å². The van der Waals surface area contributed by atoms with Crippen molar-refractivity contribution < 1.29 is 9.90 Å². The Morgan fingerprint density at radius 2 is 2.00 bits per heavy atom. The predicted molar refractivity (Wildman–Crippen MR) is 86.2 cm³/mol. The Hall–Kier alpha value is -1.91. The van der Waals surface area contributed by atoms with Gasteiger partial charge in [0.1, 0.15) is 0 Å². The molecule has 2 heterocycles. The van der Waals surface area contributed by atoms with Crippen LogP contribution in [0.15, 0.2) is 36.7 Å². The molecule has 0 fully saturated rings. The fraction of sp³-hybridized carbons (Fsp3) is 0.294. The molecule has 3 rings (SSSR count). The van der Waals surface area contributed by atoms with Gasteiger partial charge >= 0.3 is 0 Å². The quantitative estimate of drug-likeness (QED) is 0.919. The summed E-state index contributed by atoms with van der Waals surface area (Å²) in [6.07, 6.45) is 2.61. The molecule has 114 valence electrons. The summed E-state index contributed by atoms with van der Waals surface area (Å²) in [5, 5.41) is 10.3. The molecule has 1 N–H and O–H groups in total. The van der Waals surface area contributed by atoms with Gasteiger partial charge in [0.05, 0.1) is 23.5 Å². The summed E-state index contributed by atoms with van der Waals surface area (Å²) in [6.45, 7) is 5.62. The summed E-state index contributed by atoms with van der Waals surface area (Å²) >= 11 is 6.08. The fourth-order valence-electron chi connectivity index (χ4n) is 2.94. The molecule has 1 unspecified atom stereocenters. The standard InChI is InChI=1S/C17H17ClN2O2/c1-10(21)11-6-13(9-19-8-11)20-16(22)14-5-4-12(18)7-15(14)17(20,2)3/h4-10,21H,1-3H3. The number of aromatic nitrogens is 1. The van der Waals surface area contributed by atoms with E-state index < -0.39 is 11.6 Å². The first-order valence-corrected chi connectivity index (χ1v) is 7.48. The van der Waals surface area contributed by atoms with Crippen molar-refractivity contribution in [1.82, 2.24) is 4.98 Å². The molecule has 1 amide bonds. The summed E-state index contributed by atoms with van der Waals surface area (Å²) in [6, 6.07) is 7.11. The molecule has 5 heteroatoms. The Kier molecular flexibility index (Phi) is 3.46. The predicted octanol–water partition coefficient (Wildman–Crippen LogP) is 3.68. The van der Waals surface area contributed by atoms with Gasteiger partial charge in [-0.2, -0.15) is 0 Å². The number of amides is 1. The molecule has 1 aliphatic rings. The smallest absolute Gasteiger partial charge is 0.259 e. The number of nitrogens with zero attached hydrogens (tertiary/aromatic N) is 2. The van der Waals surface area contributed by atoms with E-state index in [0.717, 1.165) is 5.56 Å². The summed E-state index contributed by atoms with van der Waals surface area (Å²) in [5.74, 6) is -0.0822. The van der Waals surface area contributed by atoms with Crippen molar-refractivity contribution >= 4 is 23.2 Å². The number of halogens is 1. The van der Waals surface area contributed by atoms with Gasteiger partial charge in [0.15, 0.2) is 0 Å². The number of hydrogen-bond acceptors (Lipinski definition) is 3. The van der Waals surface area contributed by atoms with E-state index in [1.807, 2.05) is 19.9 Å². The van der Waals surface area contributed by atoms with Gasteiger partial charge in [0.25, 0.3) is 5.91 Å². The molecule has 0 spiro atoms. The normalized spacial score (nSPS) is 17.5.